The molecule has 1 aromatic heterocycles. The Morgan fingerprint density at radius 3 is 2.62 bits per heavy atom. The zero-order chi connectivity index (χ0) is 11.8. The second-order valence-electron chi connectivity index (χ2n) is 3.65. The second kappa shape index (κ2) is 3.42. The minimum Gasteiger partial charge on any atom is -0.264 e. The molecule has 1 fully saturated rings. The Hall–Kier alpha value is -1.68. The first kappa shape index (κ1) is 10.8. The number of alkyl halides is 3. The van der Waals surface area contributed by atoms with Gasteiger partial charge in [0.15, 0.2) is 0 Å². The molecule has 0 saturated heterocycles. The molecule has 0 atom stereocenters. The van der Waals surface area contributed by atoms with Crippen LogP contribution in [0.2, 0.25) is 0 Å². The monoisotopic (exact) mass is 228 g/mol. The molecule has 0 amide bonds. The average molecular weight is 228 g/mol. The Balaban J connectivity index is 2.54. The van der Waals surface area contributed by atoms with Gasteiger partial charge in [0.05, 0.1) is 11.1 Å². The van der Waals surface area contributed by atoms with Gasteiger partial charge in [0, 0.05) is 12.4 Å². The molecule has 0 radical (unpaired) electrons. The SMILES string of the molecule is O=C=NC1(c2ccncc2C(F)(F)F)CC1. The van der Waals surface area contributed by atoms with Crippen LogP contribution in [0.15, 0.2) is 23.5 Å². The van der Waals surface area contributed by atoms with Crippen LogP contribution in [0, 0.1) is 0 Å². The highest BCUT2D eigenvalue weighted by Crippen LogP contribution is 2.52. The first-order valence-corrected chi connectivity index (χ1v) is 4.60. The van der Waals surface area contributed by atoms with Gasteiger partial charge in [-0.15, -0.1) is 0 Å². The maximum absolute atomic E-state index is 12.7. The zero-order valence-electron chi connectivity index (χ0n) is 8.08. The van der Waals surface area contributed by atoms with Crippen LogP contribution in [0.1, 0.15) is 24.0 Å². The number of hydrogen-bond donors (Lipinski definition) is 0. The minimum atomic E-state index is -4.47. The van der Waals surface area contributed by atoms with Crippen molar-refractivity contribution < 1.29 is 18.0 Å². The fourth-order valence-corrected chi connectivity index (χ4v) is 1.67. The normalized spacial score (nSPS) is 17.7. The molecule has 84 valence electrons. The molecule has 1 saturated carbocycles. The summed E-state index contributed by atoms with van der Waals surface area (Å²) >= 11 is 0. The number of halogens is 3. The lowest BCUT2D eigenvalue weighted by Gasteiger charge is -2.15. The van der Waals surface area contributed by atoms with Crippen LogP contribution in [0.25, 0.3) is 0 Å². The Bertz CT molecular complexity index is 459. The number of hydrogen-bond acceptors (Lipinski definition) is 3. The van der Waals surface area contributed by atoms with E-state index in [1.165, 1.54) is 18.3 Å². The van der Waals surface area contributed by atoms with E-state index < -0.39 is 17.3 Å². The van der Waals surface area contributed by atoms with Gasteiger partial charge in [-0.05, 0) is 24.5 Å². The molecule has 0 bridgehead atoms. The van der Waals surface area contributed by atoms with Crippen molar-refractivity contribution in [1.82, 2.24) is 4.98 Å². The van der Waals surface area contributed by atoms with E-state index in [9.17, 15) is 18.0 Å². The molecular weight excluding hydrogens is 221 g/mol. The summed E-state index contributed by atoms with van der Waals surface area (Å²) in [6, 6.07) is 1.26. The van der Waals surface area contributed by atoms with Crippen molar-refractivity contribution in [1.29, 1.82) is 0 Å². The number of pyridine rings is 1. The van der Waals surface area contributed by atoms with Gasteiger partial charge < -0.3 is 0 Å². The number of isocyanates is 1. The molecule has 1 heterocycles. The molecule has 0 unspecified atom stereocenters. The van der Waals surface area contributed by atoms with Crippen molar-refractivity contribution in [2.24, 2.45) is 4.99 Å². The predicted molar refractivity (Wildman–Crippen MR) is 48.3 cm³/mol. The zero-order valence-corrected chi connectivity index (χ0v) is 8.08. The summed E-state index contributed by atoms with van der Waals surface area (Å²) in [5.41, 5.74) is -1.83. The Morgan fingerprint density at radius 2 is 2.12 bits per heavy atom. The van der Waals surface area contributed by atoms with Crippen LogP contribution in [0.5, 0.6) is 0 Å². The van der Waals surface area contributed by atoms with Gasteiger partial charge in [0.25, 0.3) is 0 Å². The Kier molecular flexibility index (Phi) is 2.31. The van der Waals surface area contributed by atoms with E-state index in [2.05, 4.69) is 9.98 Å². The lowest BCUT2D eigenvalue weighted by Crippen LogP contribution is -2.15. The first-order valence-electron chi connectivity index (χ1n) is 4.60. The van der Waals surface area contributed by atoms with Crippen molar-refractivity contribution in [2.75, 3.05) is 0 Å². The topological polar surface area (TPSA) is 42.3 Å². The molecule has 3 nitrogen and oxygen atoms in total. The van der Waals surface area contributed by atoms with Crippen molar-refractivity contribution in [3.05, 3.63) is 29.6 Å². The van der Waals surface area contributed by atoms with Crippen LogP contribution in [0.3, 0.4) is 0 Å². The van der Waals surface area contributed by atoms with Crippen LogP contribution in [0.4, 0.5) is 13.2 Å². The average Bonchev–Trinajstić information content (AvgIpc) is 2.98. The summed E-state index contributed by atoms with van der Waals surface area (Å²) in [5, 5.41) is 0. The molecule has 6 heteroatoms. The molecule has 1 aliphatic rings. The van der Waals surface area contributed by atoms with E-state index in [1.54, 1.807) is 0 Å². The summed E-state index contributed by atoms with van der Waals surface area (Å²) in [4.78, 5) is 17.1. The highest BCUT2D eigenvalue weighted by atomic mass is 19.4. The molecule has 16 heavy (non-hydrogen) atoms. The standard InChI is InChI=1S/C10H7F3N2O/c11-10(12,13)8-5-14-4-1-7(8)9(2-3-9)15-6-16/h1,4-5H,2-3H2. The first-order chi connectivity index (χ1) is 7.49. The minimum absolute atomic E-state index is 0.0124. The maximum Gasteiger partial charge on any atom is 0.418 e. The van der Waals surface area contributed by atoms with Gasteiger partial charge in [-0.25, -0.2) is 4.79 Å². The van der Waals surface area contributed by atoms with Crippen molar-refractivity contribution in [2.45, 2.75) is 24.6 Å². The van der Waals surface area contributed by atoms with Crippen LogP contribution in [-0.4, -0.2) is 11.1 Å². The second-order valence-corrected chi connectivity index (χ2v) is 3.65. The van der Waals surface area contributed by atoms with Crippen molar-refractivity contribution in [3.63, 3.8) is 0 Å². The Morgan fingerprint density at radius 1 is 1.44 bits per heavy atom. The molecule has 0 aliphatic heterocycles. The van der Waals surface area contributed by atoms with Crippen LogP contribution < -0.4 is 0 Å². The Labute approximate surface area is 89.0 Å². The summed E-state index contributed by atoms with van der Waals surface area (Å²) in [6.45, 7) is 0. The number of aliphatic imine (C=N–C) groups is 1. The van der Waals surface area contributed by atoms with Gasteiger partial charge >= 0.3 is 6.18 Å². The summed E-state index contributed by atoms with van der Waals surface area (Å²) < 4.78 is 38.0. The van der Waals surface area contributed by atoms with Gasteiger partial charge in [-0.2, -0.15) is 18.2 Å². The molecular formula is C10H7F3N2O. The molecule has 0 N–H and O–H groups in total. The number of carbonyl (C=O) groups excluding carboxylic acids is 1. The van der Waals surface area contributed by atoms with E-state index in [0.717, 1.165) is 6.20 Å². The smallest absolute Gasteiger partial charge is 0.264 e. The van der Waals surface area contributed by atoms with E-state index >= 15 is 0 Å². The molecule has 1 aliphatic carbocycles. The third kappa shape index (κ3) is 1.72. The maximum atomic E-state index is 12.7. The van der Waals surface area contributed by atoms with Gasteiger partial charge in [-0.3, -0.25) is 4.98 Å². The molecule has 0 aromatic carbocycles. The molecule has 2 rings (SSSR count). The van der Waals surface area contributed by atoms with Crippen LogP contribution in [-0.2, 0) is 16.5 Å². The highest BCUT2D eigenvalue weighted by molar-refractivity contribution is 5.44. The summed E-state index contributed by atoms with van der Waals surface area (Å²) in [7, 11) is 0. The third-order valence-electron chi connectivity index (χ3n) is 2.61. The molecule has 0 spiro atoms. The van der Waals surface area contributed by atoms with Gasteiger partial charge in [0.2, 0.25) is 6.08 Å². The van der Waals surface area contributed by atoms with E-state index in [0.29, 0.717) is 12.8 Å². The van der Waals surface area contributed by atoms with E-state index in [1.807, 2.05) is 0 Å². The molecule has 1 aromatic rings. The van der Waals surface area contributed by atoms with Crippen molar-refractivity contribution in [3.8, 4) is 0 Å². The summed E-state index contributed by atoms with van der Waals surface area (Å²) in [6.07, 6.45) is -0.232. The van der Waals surface area contributed by atoms with Crippen LogP contribution >= 0.6 is 0 Å². The lowest BCUT2D eigenvalue weighted by atomic mass is 10.0. The summed E-state index contributed by atoms with van der Waals surface area (Å²) in [5.74, 6) is 0. The van der Waals surface area contributed by atoms with E-state index in [4.69, 9.17) is 0 Å². The lowest BCUT2D eigenvalue weighted by molar-refractivity contribution is -0.138. The van der Waals surface area contributed by atoms with Gasteiger partial charge in [-0.1, -0.05) is 0 Å². The number of nitrogens with zero attached hydrogens (tertiary/aromatic N) is 2. The fraction of sp³-hybridized carbons (Fsp3) is 0.400. The third-order valence-corrected chi connectivity index (χ3v) is 2.61. The number of rotatable bonds is 2. The fourth-order valence-electron chi connectivity index (χ4n) is 1.67. The largest absolute Gasteiger partial charge is 0.418 e. The number of aromatic nitrogens is 1. The van der Waals surface area contributed by atoms with Gasteiger partial charge in [0.1, 0.15) is 0 Å². The predicted octanol–water partition coefficient (Wildman–Crippen LogP) is 2.43. The van der Waals surface area contributed by atoms with E-state index in [-0.39, 0.29) is 5.56 Å². The van der Waals surface area contributed by atoms with Crippen molar-refractivity contribution >= 4 is 6.08 Å². The highest BCUT2D eigenvalue weighted by Gasteiger charge is 2.50. The quantitative estimate of drug-likeness (QED) is 0.576.